The minimum atomic E-state index is -0.0321. The third-order valence-electron chi connectivity index (χ3n) is 4.23. The van der Waals surface area contributed by atoms with Crippen molar-refractivity contribution in [2.75, 3.05) is 6.54 Å². The summed E-state index contributed by atoms with van der Waals surface area (Å²) in [4.78, 5) is 23.1. The van der Waals surface area contributed by atoms with E-state index in [1.165, 1.54) is 16.9 Å². The number of rotatable bonds is 4. The molecule has 1 N–H and O–H groups in total. The maximum Gasteiger partial charge on any atom is 0.261 e. The van der Waals surface area contributed by atoms with Crippen molar-refractivity contribution in [3.05, 3.63) is 57.9 Å². The number of aromatic nitrogens is 2. The van der Waals surface area contributed by atoms with Crippen LogP contribution in [0.5, 0.6) is 0 Å². The van der Waals surface area contributed by atoms with Crippen LogP contribution in [0.25, 0.3) is 10.2 Å². The zero-order valence-electron chi connectivity index (χ0n) is 14.4. The molecule has 0 aliphatic carbocycles. The van der Waals surface area contributed by atoms with Gasteiger partial charge in [0, 0.05) is 17.6 Å². The molecule has 24 heavy (non-hydrogen) atoms. The number of hydrogen-bond donors (Lipinski definition) is 1. The molecule has 0 radical (unpaired) electrons. The average Bonchev–Trinajstić information content (AvgIpc) is 2.90. The van der Waals surface area contributed by atoms with Crippen LogP contribution in [-0.4, -0.2) is 22.4 Å². The number of carbonyl (C=O) groups is 1. The fourth-order valence-electron chi connectivity index (χ4n) is 2.92. The normalized spacial score (nSPS) is 12.3. The van der Waals surface area contributed by atoms with E-state index in [4.69, 9.17) is 0 Å². The molecule has 2 aromatic heterocycles. The molecule has 1 atom stereocenters. The van der Waals surface area contributed by atoms with Crippen molar-refractivity contribution in [2.24, 2.45) is 0 Å². The molecule has 0 aliphatic heterocycles. The first kappa shape index (κ1) is 16.6. The lowest BCUT2D eigenvalue weighted by Gasteiger charge is -2.12. The van der Waals surface area contributed by atoms with E-state index in [-0.39, 0.29) is 11.8 Å². The minimum Gasteiger partial charge on any atom is -0.351 e. The first-order valence-electron chi connectivity index (χ1n) is 8.05. The molecule has 3 aromatic rings. The lowest BCUT2D eigenvalue weighted by atomic mass is 10.0. The molecule has 124 valence electrons. The number of carbonyl (C=O) groups excluding carboxylic acids is 1. The van der Waals surface area contributed by atoms with Crippen molar-refractivity contribution in [3.63, 3.8) is 0 Å². The Morgan fingerprint density at radius 2 is 1.88 bits per heavy atom. The lowest BCUT2D eigenvalue weighted by molar-refractivity contribution is 0.0955. The molecule has 0 saturated heterocycles. The van der Waals surface area contributed by atoms with Crippen LogP contribution >= 0.6 is 11.3 Å². The summed E-state index contributed by atoms with van der Waals surface area (Å²) in [5.74, 6) is 0.981. The zero-order valence-corrected chi connectivity index (χ0v) is 15.2. The molecule has 0 aliphatic rings. The highest BCUT2D eigenvalue weighted by Gasteiger charge is 2.19. The van der Waals surface area contributed by atoms with Gasteiger partial charge in [0.1, 0.15) is 10.7 Å². The average molecular weight is 339 g/mol. The van der Waals surface area contributed by atoms with Gasteiger partial charge in [0.05, 0.1) is 4.88 Å². The summed E-state index contributed by atoms with van der Waals surface area (Å²) in [7, 11) is 0. The van der Waals surface area contributed by atoms with Gasteiger partial charge in [0.2, 0.25) is 0 Å². The molecule has 1 aromatic carbocycles. The van der Waals surface area contributed by atoms with E-state index in [0.29, 0.717) is 6.54 Å². The Morgan fingerprint density at radius 3 is 2.58 bits per heavy atom. The number of nitrogens with zero attached hydrogens (tertiary/aromatic N) is 2. The van der Waals surface area contributed by atoms with E-state index in [0.717, 1.165) is 32.2 Å². The largest absolute Gasteiger partial charge is 0.351 e. The van der Waals surface area contributed by atoms with Gasteiger partial charge < -0.3 is 5.32 Å². The van der Waals surface area contributed by atoms with Crippen molar-refractivity contribution in [3.8, 4) is 0 Å². The lowest BCUT2D eigenvalue weighted by Crippen LogP contribution is -2.27. The van der Waals surface area contributed by atoms with E-state index >= 15 is 0 Å². The fraction of sp³-hybridized carbons (Fsp3) is 0.316. The van der Waals surface area contributed by atoms with Crippen LogP contribution in [0.1, 0.15) is 45.2 Å². The van der Waals surface area contributed by atoms with E-state index in [1.54, 1.807) is 0 Å². The second-order valence-corrected chi connectivity index (χ2v) is 7.11. The topological polar surface area (TPSA) is 54.9 Å². The summed E-state index contributed by atoms with van der Waals surface area (Å²) >= 11 is 1.44. The van der Waals surface area contributed by atoms with Crippen LogP contribution in [0, 0.1) is 20.8 Å². The molecule has 0 unspecified atom stereocenters. The van der Waals surface area contributed by atoms with Gasteiger partial charge in [0.25, 0.3) is 5.91 Å². The van der Waals surface area contributed by atoms with Gasteiger partial charge in [-0.05, 0) is 37.8 Å². The molecule has 5 heteroatoms. The van der Waals surface area contributed by atoms with Crippen LogP contribution in [-0.2, 0) is 0 Å². The molecular weight excluding hydrogens is 318 g/mol. The van der Waals surface area contributed by atoms with Crippen LogP contribution < -0.4 is 5.32 Å². The molecule has 0 bridgehead atoms. The van der Waals surface area contributed by atoms with Gasteiger partial charge in [-0.3, -0.25) is 4.79 Å². The molecule has 2 heterocycles. The van der Waals surface area contributed by atoms with E-state index in [1.807, 2.05) is 39.0 Å². The summed E-state index contributed by atoms with van der Waals surface area (Å²) in [6.45, 7) is 8.55. The van der Waals surface area contributed by atoms with Crippen LogP contribution in [0.15, 0.2) is 30.3 Å². The molecule has 1 amide bonds. The highest BCUT2D eigenvalue weighted by molar-refractivity contribution is 7.20. The summed E-state index contributed by atoms with van der Waals surface area (Å²) in [6.07, 6.45) is 0. The third kappa shape index (κ3) is 3.17. The van der Waals surface area contributed by atoms with Crippen molar-refractivity contribution in [1.82, 2.24) is 15.3 Å². The summed E-state index contributed by atoms with van der Waals surface area (Å²) in [6, 6.07) is 10.2. The van der Waals surface area contributed by atoms with E-state index in [2.05, 4.69) is 34.3 Å². The maximum absolute atomic E-state index is 12.6. The highest BCUT2D eigenvalue weighted by Crippen LogP contribution is 2.31. The molecule has 0 fully saturated rings. The summed E-state index contributed by atoms with van der Waals surface area (Å²) in [5, 5.41) is 4.06. The smallest absolute Gasteiger partial charge is 0.261 e. The second-order valence-electron chi connectivity index (χ2n) is 6.11. The van der Waals surface area contributed by atoms with Crippen LogP contribution in [0.3, 0.4) is 0 Å². The van der Waals surface area contributed by atoms with Gasteiger partial charge in [-0.1, -0.05) is 37.3 Å². The molecule has 0 spiro atoms. The van der Waals surface area contributed by atoms with E-state index in [9.17, 15) is 4.79 Å². The number of aryl methyl sites for hydroxylation is 3. The van der Waals surface area contributed by atoms with E-state index < -0.39 is 0 Å². The first-order valence-corrected chi connectivity index (χ1v) is 8.86. The standard InChI is InChI=1S/C19H21N3OS/c1-11(15-8-6-5-7-9-15)10-20-18(23)17-12(2)16-13(3)21-14(4)22-19(16)24-17/h5-9,11H,10H2,1-4H3,(H,20,23)/t11-/m0/s1. The van der Waals surface area contributed by atoms with Crippen molar-refractivity contribution in [1.29, 1.82) is 0 Å². The Bertz CT molecular complexity index is 887. The van der Waals surface area contributed by atoms with Gasteiger partial charge in [-0.2, -0.15) is 0 Å². The van der Waals surface area contributed by atoms with Gasteiger partial charge in [0.15, 0.2) is 0 Å². The van der Waals surface area contributed by atoms with Gasteiger partial charge >= 0.3 is 0 Å². The molecule has 3 rings (SSSR count). The van der Waals surface area contributed by atoms with Gasteiger partial charge in [-0.25, -0.2) is 9.97 Å². The fourth-order valence-corrected chi connectivity index (χ4v) is 4.11. The number of nitrogens with one attached hydrogen (secondary N) is 1. The monoisotopic (exact) mass is 339 g/mol. The van der Waals surface area contributed by atoms with Crippen LogP contribution in [0.4, 0.5) is 0 Å². The number of thiophene rings is 1. The number of hydrogen-bond acceptors (Lipinski definition) is 4. The predicted octanol–water partition coefficient (Wildman–Crippen LogP) is 4.15. The number of amides is 1. The second kappa shape index (κ2) is 6.69. The van der Waals surface area contributed by atoms with Crippen LogP contribution in [0.2, 0.25) is 0 Å². The predicted molar refractivity (Wildman–Crippen MR) is 98.8 cm³/mol. The Hall–Kier alpha value is -2.27. The summed E-state index contributed by atoms with van der Waals surface area (Å²) in [5.41, 5.74) is 3.13. The maximum atomic E-state index is 12.6. The first-order chi connectivity index (χ1) is 11.5. The molecular formula is C19H21N3OS. The third-order valence-corrected chi connectivity index (χ3v) is 5.41. The quantitative estimate of drug-likeness (QED) is 0.777. The van der Waals surface area contributed by atoms with Gasteiger partial charge in [-0.15, -0.1) is 11.3 Å². The Kier molecular flexibility index (Phi) is 4.62. The SMILES string of the molecule is Cc1nc(C)c2c(C)c(C(=O)NC[C@H](C)c3ccccc3)sc2n1. The Labute approximate surface area is 146 Å². The van der Waals surface area contributed by atoms with Crippen molar-refractivity contribution >= 4 is 27.5 Å². The number of fused-ring (bicyclic) bond motifs is 1. The zero-order chi connectivity index (χ0) is 17.3. The Balaban J connectivity index is 1.79. The molecule has 4 nitrogen and oxygen atoms in total. The Morgan fingerprint density at radius 1 is 1.17 bits per heavy atom. The minimum absolute atomic E-state index is 0.0321. The highest BCUT2D eigenvalue weighted by atomic mass is 32.1. The summed E-state index contributed by atoms with van der Waals surface area (Å²) < 4.78 is 0. The van der Waals surface area contributed by atoms with Crippen molar-refractivity contribution < 1.29 is 4.79 Å². The van der Waals surface area contributed by atoms with Crippen molar-refractivity contribution in [2.45, 2.75) is 33.6 Å². The molecule has 0 saturated carbocycles. The number of benzene rings is 1.